The van der Waals surface area contributed by atoms with E-state index in [1.807, 2.05) is 30.3 Å². The lowest BCUT2D eigenvalue weighted by molar-refractivity contribution is -0.123. The Morgan fingerprint density at radius 2 is 1.90 bits per heavy atom. The van der Waals surface area contributed by atoms with Gasteiger partial charge in [-0.1, -0.05) is 46.8 Å². The normalized spacial score (nSPS) is 20.3. The first kappa shape index (κ1) is 18.1. The van der Waals surface area contributed by atoms with Crippen molar-refractivity contribution < 1.29 is 18.5 Å². The van der Waals surface area contributed by atoms with Gasteiger partial charge in [0.1, 0.15) is 12.4 Å². The molecule has 3 heterocycles. The van der Waals surface area contributed by atoms with Gasteiger partial charge in [-0.15, -0.1) is 0 Å². The summed E-state index contributed by atoms with van der Waals surface area (Å²) in [4.78, 5) is 31.0. The lowest BCUT2D eigenvalue weighted by atomic mass is 10.1. The van der Waals surface area contributed by atoms with E-state index < -0.39 is 29.7 Å². The van der Waals surface area contributed by atoms with Crippen LogP contribution in [0.2, 0.25) is 0 Å². The van der Waals surface area contributed by atoms with Crippen LogP contribution < -0.4 is 4.90 Å². The topological polar surface area (TPSA) is 104 Å². The van der Waals surface area contributed by atoms with Crippen molar-refractivity contribution in [3.63, 3.8) is 0 Å². The third kappa shape index (κ3) is 2.84. The molecular weight excluding hydrogens is 391 g/mol. The Hall–Kier alpha value is -3.95. The van der Waals surface area contributed by atoms with Crippen LogP contribution in [0.5, 0.6) is 0 Å². The first-order chi connectivity index (χ1) is 14.5. The fourth-order valence-electron chi connectivity index (χ4n) is 3.49. The number of benzene rings is 2. The third-order valence-corrected chi connectivity index (χ3v) is 5.07. The number of hydrogen-bond donors (Lipinski definition) is 0. The number of amides is 2. The number of carbonyl (C=O) groups is 2. The van der Waals surface area contributed by atoms with E-state index in [1.165, 1.54) is 17.1 Å². The minimum absolute atomic E-state index is 0.0135. The van der Waals surface area contributed by atoms with E-state index in [2.05, 4.69) is 20.5 Å². The van der Waals surface area contributed by atoms with Crippen molar-refractivity contribution in [1.82, 2.24) is 15.1 Å². The second kappa shape index (κ2) is 6.83. The van der Waals surface area contributed by atoms with Crippen LogP contribution in [0.25, 0.3) is 11.4 Å². The molecule has 30 heavy (non-hydrogen) atoms. The molecule has 150 valence electrons. The molecule has 1 fully saturated rings. The number of carbonyl (C=O) groups excluding carboxylic acids is 2. The molecule has 0 spiro atoms. The van der Waals surface area contributed by atoms with E-state index >= 15 is 0 Å². The minimum atomic E-state index is -0.988. The Morgan fingerprint density at radius 1 is 1.10 bits per heavy atom. The van der Waals surface area contributed by atoms with Crippen molar-refractivity contribution in [2.75, 3.05) is 4.90 Å². The summed E-state index contributed by atoms with van der Waals surface area (Å²) in [5.41, 5.74) is 1.37. The van der Waals surface area contributed by atoms with Gasteiger partial charge in [0.2, 0.25) is 11.7 Å². The first-order valence-electron chi connectivity index (χ1n) is 9.22. The zero-order valence-electron chi connectivity index (χ0n) is 15.8. The highest BCUT2D eigenvalue weighted by Gasteiger charge is 2.55. The van der Waals surface area contributed by atoms with Crippen LogP contribution in [0.15, 0.2) is 63.4 Å². The van der Waals surface area contributed by atoms with Crippen molar-refractivity contribution in [2.45, 2.75) is 25.6 Å². The van der Waals surface area contributed by atoms with Crippen LogP contribution in [0, 0.1) is 12.7 Å². The molecule has 3 aromatic rings. The predicted octanol–water partition coefficient (Wildman–Crippen LogP) is 2.68. The van der Waals surface area contributed by atoms with E-state index in [-0.39, 0.29) is 18.1 Å². The molecule has 0 saturated carbocycles. The standard InChI is InChI=1S/C20H15FN6O3/c1-11-7-8-13(9-14(11)21)27-19(28)16-17(20(27)29)26(25-23-16)10-15-22-18(24-30-15)12-5-3-2-4-6-12/h2-9,16-17H,10H2,1H3/t16-,17-/m0/s1. The highest BCUT2D eigenvalue weighted by Crippen LogP contribution is 2.33. The number of rotatable bonds is 4. The zero-order valence-corrected chi connectivity index (χ0v) is 15.8. The quantitative estimate of drug-likeness (QED) is 0.617. The molecule has 0 aliphatic carbocycles. The van der Waals surface area contributed by atoms with E-state index in [0.29, 0.717) is 11.4 Å². The van der Waals surface area contributed by atoms with E-state index in [1.54, 1.807) is 6.92 Å². The molecule has 2 atom stereocenters. The monoisotopic (exact) mass is 406 g/mol. The molecule has 5 rings (SSSR count). The fraction of sp³-hybridized carbons (Fsp3) is 0.200. The summed E-state index contributed by atoms with van der Waals surface area (Å²) in [6.07, 6.45) is 0. The van der Waals surface area contributed by atoms with Crippen molar-refractivity contribution in [1.29, 1.82) is 0 Å². The van der Waals surface area contributed by atoms with Crippen molar-refractivity contribution >= 4 is 17.5 Å². The molecule has 0 bridgehead atoms. The summed E-state index contributed by atoms with van der Waals surface area (Å²) >= 11 is 0. The third-order valence-electron chi connectivity index (χ3n) is 5.07. The van der Waals surface area contributed by atoms with Gasteiger partial charge in [-0.05, 0) is 24.6 Å². The van der Waals surface area contributed by atoms with Gasteiger partial charge in [0.25, 0.3) is 11.8 Å². The summed E-state index contributed by atoms with van der Waals surface area (Å²) < 4.78 is 19.2. The van der Waals surface area contributed by atoms with Crippen LogP contribution in [0.3, 0.4) is 0 Å². The largest absolute Gasteiger partial charge is 0.337 e. The smallest absolute Gasteiger partial charge is 0.263 e. The molecule has 1 saturated heterocycles. The minimum Gasteiger partial charge on any atom is -0.337 e. The number of imide groups is 1. The molecule has 9 nitrogen and oxygen atoms in total. The maximum Gasteiger partial charge on any atom is 0.263 e. The number of fused-ring (bicyclic) bond motifs is 1. The Bertz CT molecular complexity index is 1180. The number of hydrogen-bond acceptors (Lipinski definition) is 8. The number of aryl methyl sites for hydroxylation is 1. The van der Waals surface area contributed by atoms with Crippen LogP contribution >= 0.6 is 0 Å². The second-order valence-corrected chi connectivity index (χ2v) is 7.02. The Balaban J connectivity index is 1.38. The zero-order chi connectivity index (χ0) is 20.8. The SMILES string of the molecule is Cc1ccc(N2C(=O)[C@H]3N=NN(Cc4nc(-c5ccccc5)no4)[C@@H]3C2=O)cc1F. The average Bonchev–Trinajstić information content (AvgIpc) is 3.44. The van der Waals surface area contributed by atoms with Gasteiger partial charge in [0.05, 0.1) is 5.69 Å². The number of halogens is 1. The number of aromatic nitrogens is 2. The molecule has 10 heteroatoms. The summed E-state index contributed by atoms with van der Waals surface area (Å²) in [5.74, 6) is -0.934. The molecule has 0 unspecified atom stereocenters. The van der Waals surface area contributed by atoms with Crippen molar-refractivity contribution in [3.05, 3.63) is 65.8 Å². The van der Waals surface area contributed by atoms with Crippen LogP contribution in [-0.2, 0) is 16.1 Å². The van der Waals surface area contributed by atoms with Gasteiger partial charge in [-0.25, -0.2) is 9.29 Å². The molecule has 0 N–H and O–H groups in total. The van der Waals surface area contributed by atoms with Gasteiger partial charge >= 0.3 is 0 Å². The lowest BCUT2D eigenvalue weighted by Crippen LogP contribution is -2.39. The maximum atomic E-state index is 14.0. The molecule has 2 aliphatic heterocycles. The number of nitrogens with zero attached hydrogens (tertiary/aromatic N) is 6. The van der Waals surface area contributed by atoms with E-state index in [9.17, 15) is 14.0 Å². The molecule has 2 aromatic carbocycles. The summed E-state index contributed by atoms with van der Waals surface area (Å²) in [6.45, 7) is 1.62. The molecule has 2 aliphatic rings. The Kier molecular flexibility index (Phi) is 4.12. The molecular formula is C20H15FN6O3. The fourth-order valence-corrected chi connectivity index (χ4v) is 3.49. The van der Waals surface area contributed by atoms with Gasteiger partial charge in [0, 0.05) is 5.56 Å². The summed E-state index contributed by atoms with van der Waals surface area (Å²) in [7, 11) is 0. The predicted molar refractivity (Wildman–Crippen MR) is 101 cm³/mol. The molecule has 0 radical (unpaired) electrons. The highest BCUT2D eigenvalue weighted by atomic mass is 19.1. The Labute approximate surface area is 169 Å². The van der Waals surface area contributed by atoms with Gasteiger partial charge < -0.3 is 4.52 Å². The van der Waals surface area contributed by atoms with E-state index in [0.717, 1.165) is 16.5 Å². The Morgan fingerprint density at radius 3 is 2.67 bits per heavy atom. The van der Waals surface area contributed by atoms with Crippen LogP contribution in [-0.4, -0.2) is 39.0 Å². The molecule has 1 aromatic heterocycles. The summed E-state index contributed by atoms with van der Waals surface area (Å²) in [6, 6.07) is 11.6. The highest BCUT2D eigenvalue weighted by molar-refractivity contribution is 6.25. The second-order valence-electron chi connectivity index (χ2n) is 7.02. The molecule has 2 amide bonds. The number of anilines is 1. The van der Waals surface area contributed by atoms with Crippen molar-refractivity contribution in [3.8, 4) is 11.4 Å². The van der Waals surface area contributed by atoms with Crippen LogP contribution in [0.4, 0.5) is 10.1 Å². The van der Waals surface area contributed by atoms with Crippen LogP contribution in [0.1, 0.15) is 11.5 Å². The van der Waals surface area contributed by atoms with Gasteiger partial charge in [-0.2, -0.15) is 10.1 Å². The maximum absolute atomic E-state index is 14.0. The first-order valence-corrected chi connectivity index (χ1v) is 9.22. The van der Waals surface area contributed by atoms with Gasteiger partial charge in [-0.3, -0.25) is 14.6 Å². The summed E-state index contributed by atoms with van der Waals surface area (Å²) in [5, 5.41) is 13.2. The average molecular weight is 406 g/mol. The van der Waals surface area contributed by atoms with Crippen molar-refractivity contribution in [2.24, 2.45) is 10.3 Å². The van der Waals surface area contributed by atoms with E-state index in [4.69, 9.17) is 4.52 Å². The van der Waals surface area contributed by atoms with Gasteiger partial charge in [0.15, 0.2) is 12.1 Å². The lowest BCUT2D eigenvalue weighted by Gasteiger charge is -2.19.